The minimum absolute atomic E-state index is 0.409. The Hall–Kier alpha value is -2.94. The van der Waals surface area contributed by atoms with Gasteiger partial charge in [-0.3, -0.25) is 4.90 Å². The lowest BCUT2D eigenvalue weighted by Gasteiger charge is -2.36. The van der Waals surface area contributed by atoms with Crippen LogP contribution in [0.15, 0.2) is 48.5 Å². The van der Waals surface area contributed by atoms with Crippen molar-refractivity contribution >= 4 is 0 Å². The van der Waals surface area contributed by atoms with Gasteiger partial charge in [-0.15, -0.1) is 5.10 Å². The number of halogens is 3. The molecule has 1 aliphatic rings. The molecule has 170 valence electrons. The fraction of sp³-hybridized carbons (Fsp3) is 0.435. The van der Waals surface area contributed by atoms with Gasteiger partial charge in [-0.2, -0.15) is 13.2 Å². The van der Waals surface area contributed by atoms with Crippen molar-refractivity contribution in [2.24, 2.45) is 5.92 Å². The monoisotopic (exact) mass is 445 g/mol. The van der Waals surface area contributed by atoms with E-state index in [9.17, 15) is 13.2 Å². The summed E-state index contributed by atoms with van der Waals surface area (Å²) >= 11 is 0. The van der Waals surface area contributed by atoms with Crippen LogP contribution in [-0.2, 0) is 12.7 Å². The molecule has 0 N–H and O–H groups in total. The van der Waals surface area contributed by atoms with Gasteiger partial charge in [0.15, 0.2) is 5.82 Å². The zero-order valence-corrected chi connectivity index (χ0v) is 18.1. The van der Waals surface area contributed by atoms with E-state index in [1.807, 2.05) is 24.3 Å². The highest BCUT2D eigenvalue weighted by Gasteiger charge is 2.34. The van der Waals surface area contributed by atoms with E-state index in [0.29, 0.717) is 23.9 Å². The second kappa shape index (κ2) is 9.28. The fourth-order valence-corrected chi connectivity index (χ4v) is 4.12. The predicted molar refractivity (Wildman–Crippen MR) is 113 cm³/mol. The Kier molecular flexibility index (Phi) is 6.45. The number of hydrogen-bond acceptors (Lipinski definition) is 5. The Balaban J connectivity index is 1.70. The molecule has 0 unspecified atom stereocenters. The SMILES string of the molecule is COc1ccc(Cn2nnnc2[C@H](c2cccc(C(F)(F)F)c2)N2CCC(C)CC2)cc1. The molecular formula is C23H26F3N5O. The van der Waals surface area contributed by atoms with Gasteiger partial charge >= 0.3 is 6.18 Å². The molecule has 1 atom stereocenters. The second-order valence-electron chi connectivity index (χ2n) is 8.29. The molecule has 9 heteroatoms. The third kappa shape index (κ3) is 4.93. The number of nitrogens with zero attached hydrogens (tertiary/aromatic N) is 5. The van der Waals surface area contributed by atoms with Crippen molar-refractivity contribution in [2.45, 2.75) is 38.5 Å². The molecule has 1 saturated heterocycles. The lowest BCUT2D eigenvalue weighted by molar-refractivity contribution is -0.137. The van der Waals surface area contributed by atoms with Crippen LogP contribution < -0.4 is 4.74 Å². The topological polar surface area (TPSA) is 56.1 Å². The van der Waals surface area contributed by atoms with Gasteiger partial charge in [-0.25, -0.2) is 4.68 Å². The maximum absolute atomic E-state index is 13.4. The molecule has 0 bridgehead atoms. The standard InChI is InChI=1S/C23H26F3N5O/c1-16-10-12-30(13-11-16)21(18-4-3-5-19(14-18)23(24,25)26)22-27-28-29-31(22)15-17-6-8-20(32-2)9-7-17/h3-9,14,16,21H,10-13,15H2,1-2H3/t21-/m0/s1. The van der Waals surface area contributed by atoms with Crippen molar-refractivity contribution in [1.29, 1.82) is 0 Å². The van der Waals surface area contributed by atoms with Crippen LogP contribution in [0.4, 0.5) is 13.2 Å². The molecule has 32 heavy (non-hydrogen) atoms. The van der Waals surface area contributed by atoms with Crippen molar-refractivity contribution in [3.8, 4) is 5.75 Å². The number of tetrazole rings is 1. The lowest BCUT2D eigenvalue weighted by atomic mass is 9.94. The van der Waals surface area contributed by atoms with Gasteiger partial charge < -0.3 is 4.74 Å². The van der Waals surface area contributed by atoms with E-state index < -0.39 is 17.8 Å². The van der Waals surface area contributed by atoms with Crippen LogP contribution in [0.2, 0.25) is 0 Å². The van der Waals surface area contributed by atoms with Crippen molar-refractivity contribution in [2.75, 3.05) is 20.2 Å². The van der Waals surface area contributed by atoms with Gasteiger partial charge in [0.1, 0.15) is 5.75 Å². The van der Waals surface area contributed by atoms with E-state index in [1.165, 1.54) is 12.1 Å². The van der Waals surface area contributed by atoms with Crippen molar-refractivity contribution < 1.29 is 17.9 Å². The summed E-state index contributed by atoms with van der Waals surface area (Å²) in [6.07, 6.45) is -2.45. The maximum atomic E-state index is 13.4. The van der Waals surface area contributed by atoms with E-state index in [2.05, 4.69) is 27.3 Å². The van der Waals surface area contributed by atoms with E-state index >= 15 is 0 Å². The number of rotatable bonds is 6. The molecule has 1 fully saturated rings. The number of piperidine rings is 1. The van der Waals surface area contributed by atoms with Crippen molar-refractivity contribution in [3.63, 3.8) is 0 Å². The van der Waals surface area contributed by atoms with Crippen LogP contribution in [0.1, 0.15) is 48.3 Å². The first kappa shape index (κ1) is 22.3. The summed E-state index contributed by atoms with van der Waals surface area (Å²) in [5.41, 5.74) is 0.842. The van der Waals surface area contributed by atoms with E-state index in [0.717, 1.165) is 43.3 Å². The third-order valence-corrected chi connectivity index (χ3v) is 6.01. The highest BCUT2D eigenvalue weighted by Crippen LogP contribution is 2.35. The number of benzene rings is 2. The van der Waals surface area contributed by atoms with Gasteiger partial charge in [0, 0.05) is 0 Å². The number of alkyl halides is 3. The second-order valence-corrected chi connectivity index (χ2v) is 8.29. The van der Waals surface area contributed by atoms with Crippen LogP contribution in [-0.4, -0.2) is 45.3 Å². The maximum Gasteiger partial charge on any atom is 0.416 e. The molecule has 0 radical (unpaired) electrons. The van der Waals surface area contributed by atoms with Gasteiger partial charge in [0.25, 0.3) is 0 Å². The number of hydrogen-bond donors (Lipinski definition) is 0. The fourth-order valence-electron chi connectivity index (χ4n) is 4.12. The Labute approximate surface area is 185 Å². The third-order valence-electron chi connectivity index (χ3n) is 6.01. The van der Waals surface area contributed by atoms with Crippen molar-refractivity contribution in [3.05, 3.63) is 71.0 Å². The van der Waals surface area contributed by atoms with Gasteiger partial charge in [-0.05, 0) is 77.7 Å². The molecule has 3 aromatic rings. The molecule has 0 spiro atoms. The largest absolute Gasteiger partial charge is 0.497 e. The smallest absolute Gasteiger partial charge is 0.416 e. The van der Waals surface area contributed by atoms with Gasteiger partial charge in [0.05, 0.1) is 25.3 Å². The summed E-state index contributed by atoms with van der Waals surface area (Å²) in [7, 11) is 1.60. The summed E-state index contributed by atoms with van der Waals surface area (Å²) in [4.78, 5) is 2.19. The molecule has 1 aliphatic heterocycles. The first-order chi connectivity index (χ1) is 15.3. The average molecular weight is 445 g/mol. The molecule has 0 amide bonds. The minimum Gasteiger partial charge on any atom is -0.497 e. The summed E-state index contributed by atoms with van der Waals surface area (Å²) in [6, 6.07) is 12.6. The number of likely N-dealkylation sites (tertiary alicyclic amines) is 1. The Morgan fingerprint density at radius 2 is 1.81 bits per heavy atom. The summed E-state index contributed by atoms with van der Waals surface area (Å²) in [5, 5.41) is 12.3. The number of ether oxygens (including phenoxy) is 1. The Morgan fingerprint density at radius 1 is 1.09 bits per heavy atom. The highest BCUT2D eigenvalue weighted by molar-refractivity contribution is 5.32. The summed E-state index contributed by atoms with van der Waals surface area (Å²) < 4.78 is 47.2. The molecular weight excluding hydrogens is 419 g/mol. The zero-order chi connectivity index (χ0) is 22.7. The van der Waals surface area contributed by atoms with Gasteiger partial charge in [0.2, 0.25) is 0 Å². The van der Waals surface area contributed by atoms with Gasteiger partial charge in [-0.1, -0.05) is 31.2 Å². The van der Waals surface area contributed by atoms with Crippen LogP contribution in [0.5, 0.6) is 5.75 Å². The average Bonchev–Trinajstić information content (AvgIpc) is 3.23. The Bertz CT molecular complexity index is 1030. The van der Waals surface area contributed by atoms with E-state index in [1.54, 1.807) is 17.9 Å². The van der Waals surface area contributed by atoms with Crippen LogP contribution >= 0.6 is 0 Å². The van der Waals surface area contributed by atoms with E-state index in [4.69, 9.17) is 4.74 Å². The zero-order valence-electron chi connectivity index (χ0n) is 18.1. The molecule has 2 heterocycles. The normalized spacial score (nSPS) is 16.8. The molecule has 4 rings (SSSR count). The number of methoxy groups -OCH3 is 1. The van der Waals surface area contributed by atoms with E-state index in [-0.39, 0.29) is 0 Å². The molecule has 0 aliphatic carbocycles. The van der Waals surface area contributed by atoms with Crippen molar-refractivity contribution in [1.82, 2.24) is 25.1 Å². The Morgan fingerprint density at radius 3 is 2.47 bits per heavy atom. The molecule has 2 aromatic carbocycles. The van der Waals surface area contributed by atoms with Crippen LogP contribution in [0, 0.1) is 5.92 Å². The first-order valence-corrected chi connectivity index (χ1v) is 10.7. The number of aromatic nitrogens is 4. The highest BCUT2D eigenvalue weighted by atomic mass is 19.4. The lowest BCUT2D eigenvalue weighted by Crippen LogP contribution is -2.38. The predicted octanol–water partition coefficient (Wildman–Crippen LogP) is 4.57. The molecule has 6 nitrogen and oxygen atoms in total. The van der Waals surface area contributed by atoms with Crippen LogP contribution in [0.3, 0.4) is 0 Å². The minimum atomic E-state index is -4.41. The summed E-state index contributed by atoms with van der Waals surface area (Å²) in [6.45, 7) is 4.16. The van der Waals surface area contributed by atoms with Crippen LogP contribution in [0.25, 0.3) is 0 Å². The summed E-state index contributed by atoms with van der Waals surface area (Å²) in [5.74, 6) is 1.87. The molecule has 1 aromatic heterocycles. The first-order valence-electron chi connectivity index (χ1n) is 10.7. The quantitative estimate of drug-likeness (QED) is 0.556. The molecule has 0 saturated carbocycles.